The molecule has 1 aliphatic rings. The van der Waals surface area contributed by atoms with Crippen molar-refractivity contribution in [3.05, 3.63) is 33.9 Å². The van der Waals surface area contributed by atoms with Crippen LogP contribution in [0.4, 0.5) is 5.69 Å². The molecular weight excluding hydrogens is 224 g/mol. The number of benzene rings is 1. The Kier molecular flexibility index (Phi) is 2.95. The van der Waals surface area contributed by atoms with Crippen LogP contribution in [-0.2, 0) is 0 Å². The molecule has 0 aliphatic heterocycles. The van der Waals surface area contributed by atoms with Gasteiger partial charge < -0.3 is 10.1 Å². The molecule has 0 atom stereocenters. The molecule has 1 amide bonds. The molecule has 6 nitrogen and oxygen atoms in total. The first kappa shape index (κ1) is 11.4. The summed E-state index contributed by atoms with van der Waals surface area (Å²) in [5.41, 5.74) is 0.00421. The lowest BCUT2D eigenvalue weighted by Gasteiger charge is -2.08. The van der Waals surface area contributed by atoms with Gasteiger partial charge in [0.25, 0.3) is 5.91 Å². The third-order valence-corrected chi connectivity index (χ3v) is 2.55. The van der Waals surface area contributed by atoms with E-state index < -0.39 is 4.92 Å². The molecule has 0 unspecified atom stereocenters. The standard InChI is InChI=1S/C11H12N2O4/c1-17-10-8(11(14)12-7-5-6-7)3-2-4-9(10)13(15)16/h2-4,7H,5-6H2,1H3,(H,12,14). The maximum atomic E-state index is 11.8. The second-order valence-corrected chi connectivity index (χ2v) is 3.86. The molecule has 1 N–H and O–H groups in total. The summed E-state index contributed by atoms with van der Waals surface area (Å²) in [6.07, 6.45) is 1.92. The number of carbonyl (C=O) groups is 1. The predicted octanol–water partition coefficient (Wildman–Crippen LogP) is 1.50. The first-order valence-corrected chi connectivity index (χ1v) is 5.25. The van der Waals surface area contributed by atoms with Crippen molar-refractivity contribution in [1.29, 1.82) is 0 Å². The molecule has 0 heterocycles. The van der Waals surface area contributed by atoms with Gasteiger partial charge in [-0.2, -0.15) is 0 Å². The molecule has 0 spiro atoms. The third kappa shape index (κ3) is 2.35. The van der Waals surface area contributed by atoms with Crippen LogP contribution in [0.1, 0.15) is 23.2 Å². The van der Waals surface area contributed by atoms with Crippen molar-refractivity contribution in [1.82, 2.24) is 5.32 Å². The first-order chi connectivity index (χ1) is 8.13. The number of hydrogen-bond donors (Lipinski definition) is 1. The Labute approximate surface area is 97.7 Å². The van der Waals surface area contributed by atoms with Crippen LogP contribution in [-0.4, -0.2) is 24.0 Å². The molecule has 0 bridgehead atoms. The van der Waals surface area contributed by atoms with Crippen LogP contribution in [0.2, 0.25) is 0 Å². The number of nitro benzene ring substituents is 1. The van der Waals surface area contributed by atoms with Crippen LogP contribution in [0.3, 0.4) is 0 Å². The number of amides is 1. The van der Waals surface area contributed by atoms with E-state index >= 15 is 0 Å². The van der Waals surface area contributed by atoms with E-state index in [0.29, 0.717) is 0 Å². The van der Waals surface area contributed by atoms with E-state index in [0.717, 1.165) is 12.8 Å². The lowest BCUT2D eigenvalue weighted by molar-refractivity contribution is -0.385. The smallest absolute Gasteiger partial charge is 0.311 e. The van der Waals surface area contributed by atoms with Gasteiger partial charge in [-0.25, -0.2) is 0 Å². The number of nitrogens with zero attached hydrogens (tertiary/aromatic N) is 1. The lowest BCUT2D eigenvalue weighted by Crippen LogP contribution is -2.25. The molecule has 1 saturated carbocycles. The van der Waals surface area contributed by atoms with Crippen molar-refractivity contribution in [3.8, 4) is 5.75 Å². The van der Waals surface area contributed by atoms with Gasteiger partial charge in [-0.3, -0.25) is 14.9 Å². The Balaban J connectivity index is 2.34. The molecule has 6 heteroatoms. The maximum Gasteiger partial charge on any atom is 0.311 e. The Morgan fingerprint density at radius 2 is 2.24 bits per heavy atom. The summed E-state index contributed by atoms with van der Waals surface area (Å²) in [7, 11) is 1.32. The number of nitro groups is 1. The highest BCUT2D eigenvalue weighted by molar-refractivity contribution is 5.98. The van der Waals surface area contributed by atoms with Gasteiger partial charge in [0.05, 0.1) is 17.6 Å². The molecule has 1 aromatic rings. The Bertz CT molecular complexity index is 469. The minimum Gasteiger partial charge on any atom is -0.490 e. The summed E-state index contributed by atoms with van der Waals surface area (Å²) in [6.45, 7) is 0. The number of methoxy groups -OCH3 is 1. The number of nitrogens with one attached hydrogen (secondary N) is 1. The molecular formula is C11H12N2O4. The molecule has 0 radical (unpaired) electrons. The summed E-state index contributed by atoms with van der Waals surface area (Å²) < 4.78 is 4.96. The van der Waals surface area contributed by atoms with Crippen molar-refractivity contribution in [2.24, 2.45) is 0 Å². The second-order valence-electron chi connectivity index (χ2n) is 3.86. The first-order valence-electron chi connectivity index (χ1n) is 5.25. The van der Waals surface area contributed by atoms with Gasteiger partial charge >= 0.3 is 5.69 Å². The summed E-state index contributed by atoms with van der Waals surface area (Å²) in [5, 5.41) is 13.6. The van der Waals surface area contributed by atoms with Gasteiger partial charge in [-0.15, -0.1) is 0 Å². The molecule has 2 rings (SSSR count). The number of ether oxygens (including phenoxy) is 1. The van der Waals surface area contributed by atoms with E-state index in [9.17, 15) is 14.9 Å². The van der Waals surface area contributed by atoms with Gasteiger partial charge in [0.15, 0.2) is 0 Å². The molecule has 17 heavy (non-hydrogen) atoms. The Morgan fingerprint density at radius 1 is 1.53 bits per heavy atom. The van der Waals surface area contributed by atoms with Crippen molar-refractivity contribution < 1.29 is 14.5 Å². The van der Waals surface area contributed by atoms with Crippen LogP contribution < -0.4 is 10.1 Å². The van der Waals surface area contributed by atoms with E-state index in [-0.39, 0.29) is 28.9 Å². The molecule has 0 aromatic heterocycles. The highest BCUT2D eigenvalue weighted by atomic mass is 16.6. The molecule has 90 valence electrons. The van der Waals surface area contributed by atoms with E-state index in [4.69, 9.17) is 4.74 Å². The van der Waals surface area contributed by atoms with Gasteiger partial charge in [0.2, 0.25) is 5.75 Å². The van der Waals surface area contributed by atoms with Gasteiger partial charge in [0.1, 0.15) is 0 Å². The Hall–Kier alpha value is -2.11. The number of rotatable bonds is 4. The van der Waals surface area contributed by atoms with Crippen LogP contribution in [0.15, 0.2) is 18.2 Å². The largest absolute Gasteiger partial charge is 0.490 e. The number of carbonyl (C=O) groups excluding carboxylic acids is 1. The van der Waals surface area contributed by atoms with Crippen molar-refractivity contribution in [2.75, 3.05) is 7.11 Å². The van der Waals surface area contributed by atoms with Crippen LogP contribution >= 0.6 is 0 Å². The van der Waals surface area contributed by atoms with Crippen molar-refractivity contribution in [2.45, 2.75) is 18.9 Å². The molecule has 1 aliphatic carbocycles. The zero-order valence-electron chi connectivity index (χ0n) is 9.30. The molecule has 0 saturated heterocycles. The second kappa shape index (κ2) is 4.40. The van der Waals surface area contributed by atoms with E-state index in [1.165, 1.54) is 25.3 Å². The normalized spacial score (nSPS) is 14.2. The number of para-hydroxylation sites is 1. The van der Waals surface area contributed by atoms with Crippen molar-refractivity contribution in [3.63, 3.8) is 0 Å². The van der Waals surface area contributed by atoms with E-state index in [1.807, 2.05) is 0 Å². The summed E-state index contributed by atoms with van der Waals surface area (Å²) >= 11 is 0. The topological polar surface area (TPSA) is 81.5 Å². The average molecular weight is 236 g/mol. The van der Waals surface area contributed by atoms with Gasteiger partial charge in [0, 0.05) is 12.1 Å². The lowest BCUT2D eigenvalue weighted by atomic mass is 10.1. The summed E-state index contributed by atoms with van der Waals surface area (Å²) in [4.78, 5) is 22.1. The minimum atomic E-state index is -0.563. The summed E-state index contributed by atoms with van der Waals surface area (Å²) in [5.74, 6) is -0.316. The zero-order chi connectivity index (χ0) is 12.4. The fourth-order valence-electron chi connectivity index (χ4n) is 1.55. The van der Waals surface area contributed by atoms with E-state index in [2.05, 4.69) is 5.32 Å². The van der Waals surface area contributed by atoms with Crippen LogP contribution in [0.25, 0.3) is 0 Å². The van der Waals surface area contributed by atoms with Crippen LogP contribution in [0, 0.1) is 10.1 Å². The van der Waals surface area contributed by atoms with Crippen molar-refractivity contribution >= 4 is 11.6 Å². The maximum absolute atomic E-state index is 11.8. The predicted molar refractivity (Wildman–Crippen MR) is 60.1 cm³/mol. The SMILES string of the molecule is COc1c(C(=O)NC2CC2)cccc1[N+](=O)[O-]. The quantitative estimate of drug-likeness (QED) is 0.634. The average Bonchev–Trinajstić information content (AvgIpc) is 3.11. The number of hydrogen-bond acceptors (Lipinski definition) is 4. The third-order valence-electron chi connectivity index (χ3n) is 2.55. The highest BCUT2D eigenvalue weighted by Crippen LogP contribution is 2.31. The highest BCUT2D eigenvalue weighted by Gasteiger charge is 2.27. The van der Waals surface area contributed by atoms with Gasteiger partial charge in [-0.1, -0.05) is 6.07 Å². The van der Waals surface area contributed by atoms with Crippen LogP contribution in [0.5, 0.6) is 5.75 Å². The van der Waals surface area contributed by atoms with E-state index in [1.54, 1.807) is 0 Å². The fraction of sp³-hybridized carbons (Fsp3) is 0.364. The molecule has 1 aromatic carbocycles. The Morgan fingerprint density at radius 3 is 2.76 bits per heavy atom. The molecule has 1 fully saturated rings. The van der Waals surface area contributed by atoms with Gasteiger partial charge in [-0.05, 0) is 18.9 Å². The summed E-state index contributed by atoms with van der Waals surface area (Å²) in [6, 6.07) is 4.50. The minimum absolute atomic E-state index is 0.00986. The fourth-order valence-corrected chi connectivity index (χ4v) is 1.55. The zero-order valence-corrected chi connectivity index (χ0v) is 9.30. The monoisotopic (exact) mass is 236 g/mol.